The monoisotopic (exact) mass is 107 g/mol. The van der Waals surface area contributed by atoms with Gasteiger partial charge in [-0.25, -0.2) is 0 Å². The average Bonchev–Trinajstić information content (AvgIpc) is 1.69. The molecule has 0 rings (SSSR count). The van der Waals surface area contributed by atoms with Crippen molar-refractivity contribution in [1.82, 2.24) is 0 Å². The lowest BCUT2D eigenvalue weighted by atomic mass is 10.5. The zero-order valence-electron chi connectivity index (χ0n) is 4.04. The molecule has 0 fully saturated rings. The Labute approximate surface area is 42.9 Å². The van der Waals surface area contributed by atoms with Crippen molar-refractivity contribution in [2.45, 2.75) is 0 Å². The number of aliphatic hydroxyl groups is 1. The molecule has 0 heterocycles. The zero-order chi connectivity index (χ0) is 6.12. The highest BCUT2D eigenvalue weighted by Crippen LogP contribution is 1.33. The van der Waals surface area contributed by atoms with Crippen LogP contribution in [0.3, 0.4) is 0 Å². The number of hydrogen-bond donors (Lipinski definition) is 4. The maximum Gasteiger partial charge on any atom is 0.432 e. The van der Waals surface area contributed by atoms with Gasteiger partial charge in [0.2, 0.25) is 0 Å². The second-order valence-corrected chi connectivity index (χ2v) is 0.654. The minimum Gasteiger partial charge on any atom is -0.430 e. The highest BCUT2D eigenvalue weighted by Gasteiger charge is 1.56. The first-order valence-electron chi connectivity index (χ1n) is 1.86. The van der Waals surface area contributed by atoms with Gasteiger partial charge in [-0.05, 0) is 0 Å². The van der Waals surface area contributed by atoms with Crippen LogP contribution in [0.15, 0.2) is 0 Å². The minimum atomic E-state index is -0.750. The first-order valence-corrected chi connectivity index (χ1v) is 1.86. The van der Waals surface area contributed by atoms with E-state index in [1.807, 2.05) is 0 Å². The predicted octanol–water partition coefficient (Wildman–Crippen LogP) is -2.83. The fourth-order valence-electron chi connectivity index (χ4n) is 0. The quantitative estimate of drug-likeness (QED) is 0.272. The third kappa shape index (κ3) is 110. The maximum absolute atomic E-state index is 7.75. The summed E-state index contributed by atoms with van der Waals surface area (Å²) in [5.74, 6) is 0. The van der Waals surface area contributed by atoms with E-state index in [1.54, 1.807) is 0 Å². The van der Waals surface area contributed by atoms with E-state index in [2.05, 4.69) is 0 Å². The SMILES string of the molecule is NCCO.OBO. The molecule has 5 N–H and O–H groups in total. The molecular weight excluding hydrogens is 96.8 g/mol. The van der Waals surface area contributed by atoms with E-state index < -0.39 is 7.69 Å². The van der Waals surface area contributed by atoms with Gasteiger partial charge in [-0.15, -0.1) is 0 Å². The van der Waals surface area contributed by atoms with Crippen molar-refractivity contribution in [3.8, 4) is 0 Å². The summed E-state index contributed by atoms with van der Waals surface area (Å²) in [5.41, 5.74) is 4.78. The van der Waals surface area contributed by atoms with Gasteiger partial charge in [-0.3, -0.25) is 0 Å². The largest absolute Gasteiger partial charge is 0.432 e. The lowest BCUT2D eigenvalue weighted by Crippen LogP contribution is -2.02. The van der Waals surface area contributed by atoms with Gasteiger partial charge < -0.3 is 20.9 Å². The third-order valence-electron chi connectivity index (χ3n) is 0.129. The zero-order valence-corrected chi connectivity index (χ0v) is 4.04. The summed E-state index contributed by atoms with van der Waals surface area (Å²) in [4.78, 5) is 0. The highest BCUT2D eigenvalue weighted by atomic mass is 16.4. The van der Waals surface area contributed by atoms with Crippen LogP contribution in [0, 0.1) is 0 Å². The van der Waals surface area contributed by atoms with E-state index in [9.17, 15) is 0 Å². The number of aliphatic hydroxyl groups excluding tert-OH is 1. The minimum absolute atomic E-state index is 0.0972. The standard InChI is InChI=1S/C2H7NO.BH3O2/c3-1-2-4;2-1-3/h4H,1-3H2;1-3H. The Morgan fingerprint density at radius 1 is 1.43 bits per heavy atom. The van der Waals surface area contributed by atoms with Crippen LogP contribution in [-0.2, 0) is 0 Å². The highest BCUT2D eigenvalue weighted by molar-refractivity contribution is 6.13. The molecule has 0 spiro atoms. The van der Waals surface area contributed by atoms with Gasteiger partial charge in [0, 0.05) is 6.54 Å². The lowest BCUT2D eigenvalue weighted by Gasteiger charge is -1.71. The normalized spacial score (nSPS) is 6.29. The second-order valence-electron chi connectivity index (χ2n) is 0.654. The molecule has 0 amide bonds. The van der Waals surface area contributed by atoms with Crippen molar-refractivity contribution in [2.24, 2.45) is 5.73 Å². The molecule has 7 heavy (non-hydrogen) atoms. The van der Waals surface area contributed by atoms with E-state index in [0.29, 0.717) is 6.54 Å². The molecule has 44 valence electrons. The van der Waals surface area contributed by atoms with Gasteiger partial charge in [0.15, 0.2) is 0 Å². The van der Waals surface area contributed by atoms with Crippen molar-refractivity contribution in [3.63, 3.8) is 0 Å². The van der Waals surface area contributed by atoms with Crippen LogP contribution in [0.25, 0.3) is 0 Å². The summed E-state index contributed by atoms with van der Waals surface area (Å²) in [7, 11) is -0.750. The molecule has 5 heteroatoms. The van der Waals surface area contributed by atoms with Crippen LogP contribution in [0.2, 0.25) is 0 Å². The summed E-state index contributed by atoms with van der Waals surface area (Å²) in [5, 5.41) is 22.0. The Bertz CT molecular complexity index is 20.4. The average molecular weight is 107 g/mol. The van der Waals surface area contributed by atoms with Gasteiger partial charge in [-0.2, -0.15) is 0 Å². The molecule has 0 aromatic heterocycles. The topological polar surface area (TPSA) is 86.7 Å². The smallest absolute Gasteiger partial charge is 0.430 e. The molecule has 0 atom stereocenters. The summed E-state index contributed by atoms with van der Waals surface area (Å²) in [6, 6.07) is 0. The molecule has 0 aromatic rings. The summed E-state index contributed by atoms with van der Waals surface area (Å²) in [6.07, 6.45) is 0. The number of hydrogen-bond acceptors (Lipinski definition) is 4. The van der Waals surface area contributed by atoms with Crippen molar-refractivity contribution >= 4 is 7.69 Å². The fourth-order valence-corrected chi connectivity index (χ4v) is 0. The molecule has 0 aliphatic rings. The molecule has 0 radical (unpaired) electrons. The van der Waals surface area contributed by atoms with Crippen molar-refractivity contribution < 1.29 is 15.2 Å². The molecule has 0 bridgehead atoms. The van der Waals surface area contributed by atoms with Gasteiger partial charge in [-0.1, -0.05) is 0 Å². The van der Waals surface area contributed by atoms with Gasteiger partial charge in [0.1, 0.15) is 0 Å². The Hall–Kier alpha value is -0.0951. The molecule has 0 saturated heterocycles. The Morgan fingerprint density at radius 3 is 1.57 bits per heavy atom. The van der Waals surface area contributed by atoms with E-state index in [-0.39, 0.29) is 6.61 Å². The van der Waals surface area contributed by atoms with Crippen molar-refractivity contribution in [3.05, 3.63) is 0 Å². The van der Waals surface area contributed by atoms with Crippen LogP contribution < -0.4 is 5.73 Å². The summed E-state index contributed by atoms with van der Waals surface area (Å²) < 4.78 is 0. The van der Waals surface area contributed by atoms with E-state index in [4.69, 9.17) is 20.9 Å². The van der Waals surface area contributed by atoms with Crippen LogP contribution in [0.4, 0.5) is 0 Å². The molecule has 0 unspecified atom stereocenters. The maximum atomic E-state index is 7.75. The third-order valence-corrected chi connectivity index (χ3v) is 0.129. The Morgan fingerprint density at radius 2 is 1.57 bits per heavy atom. The molecule has 0 aliphatic carbocycles. The van der Waals surface area contributed by atoms with Crippen LogP contribution in [0.5, 0.6) is 0 Å². The van der Waals surface area contributed by atoms with Crippen LogP contribution >= 0.6 is 0 Å². The van der Waals surface area contributed by atoms with Crippen LogP contribution in [0.1, 0.15) is 0 Å². The predicted molar refractivity (Wildman–Crippen MR) is 27.7 cm³/mol. The van der Waals surface area contributed by atoms with E-state index >= 15 is 0 Å². The Kier molecular flexibility index (Phi) is 24.1. The van der Waals surface area contributed by atoms with Gasteiger partial charge in [0.25, 0.3) is 0 Å². The lowest BCUT2D eigenvalue weighted by molar-refractivity contribution is 0.306. The van der Waals surface area contributed by atoms with Gasteiger partial charge in [0.05, 0.1) is 6.61 Å². The van der Waals surface area contributed by atoms with E-state index in [1.165, 1.54) is 0 Å². The van der Waals surface area contributed by atoms with E-state index in [0.717, 1.165) is 0 Å². The molecular formula is C2H10BNO3. The van der Waals surface area contributed by atoms with Crippen molar-refractivity contribution in [2.75, 3.05) is 13.2 Å². The molecule has 0 aromatic carbocycles. The first-order chi connectivity index (χ1) is 3.33. The Balaban J connectivity index is 0. The summed E-state index contributed by atoms with van der Waals surface area (Å²) in [6.45, 7) is 0.472. The van der Waals surface area contributed by atoms with Crippen molar-refractivity contribution in [1.29, 1.82) is 0 Å². The fraction of sp³-hybridized carbons (Fsp3) is 1.00. The number of rotatable bonds is 1. The van der Waals surface area contributed by atoms with Gasteiger partial charge >= 0.3 is 7.69 Å². The molecule has 0 aliphatic heterocycles. The molecule has 4 nitrogen and oxygen atoms in total. The summed E-state index contributed by atoms with van der Waals surface area (Å²) >= 11 is 0. The number of nitrogens with two attached hydrogens (primary N) is 1. The second kappa shape index (κ2) is 16.8. The van der Waals surface area contributed by atoms with Crippen LogP contribution in [-0.4, -0.2) is 36.0 Å². The first kappa shape index (κ1) is 10.0. The molecule has 0 saturated carbocycles.